The Hall–Kier alpha value is -5.35. The number of imidazole rings is 1. The van der Waals surface area contributed by atoms with Crippen molar-refractivity contribution in [3.63, 3.8) is 0 Å². The van der Waals surface area contributed by atoms with Crippen LogP contribution in [-0.2, 0) is 6.42 Å². The number of para-hydroxylation sites is 3. The molecule has 1 aliphatic carbocycles. The van der Waals surface area contributed by atoms with Crippen LogP contribution >= 0.6 is 0 Å². The minimum Gasteiger partial charge on any atom is -0.456 e. The first kappa shape index (κ1) is 21.5. The van der Waals surface area contributed by atoms with Crippen LogP contribution in [0.4, 0.5) is 0 Å². The van der Waals surface area contributed by atoms with E-state index in [4.69, 9.17) is 9.40 Å². The van der Waals surface area contributed by atoms with E-state index in [9.17, 15) is 0 Å². The van der Waals surface area contributed by atoms with Gasteiger partial charge in [-0.05, 0) is 66.9 Å². The summed E-state index contributed by atoms with van der Waals surface area (Å²) in [5, 5.41) is 6.01. The third kappa shape index (κ3) is 2.71. The molecule has 0 aliphatic heterocycles. The maximum Gasteiger partial charge on any atom is 0.146 e. The molecule has 0 atom stereocenters. The third-order valence-corrected chi connectivity index (χ3v) is 8.96. The number of allylic oxidation sites excluding steroid dienone is 1. The summed E-state index contributed by atoms with van der Waals surface area (Å²) in [6.45, 7) is 0. The fraction of sp³-hybridized carbons (Fsp3) is 0.0541. The Kier molecular flexibility index (Phi) is 4.00. The number of furan rings is 1. The number of benzene rings is 5. The van der Waals surface area contributed by atoms with Crippen LogP contribution in [0.3, 0.4) is 0 Å². The molecule has 0 unspecified atom stereocenters. The molecule has 0 N–H and O–H groups in total. The first-order valence-electron chi connectivity index (χ1n) is 14.2. The number of aryl methyl sites for hydroxylation is 1. The van der Waals surface area contributed by atoms with Gasteiger partial charge in [0, 0.05) is 38.2 Å². The highest BCUT2D eigenvalue weighted by atomic mass is 16.3. The van der Waals surface area contributed by atoms with Gasteiger partial charge in [0.15, 0.2) is 0 Å². The highest BCUT2D eigenvalue weighted by molar-refractivity contribution is 6.18. The van der Waals surface area contributed by atoms with Crippen molar-refractivity contribution in [2.45, 2.75) is 12.8 Å². The molecule has 41 heavy (non-hydrogen) atoms. The summed E-state index contributed by atoms with van der Waals surface area (Å²) in [7, 11) is 0. The summed E-state index contributed by atoms with van der Waals surface area (Å²) in [5.41, 5.74) is 12.3. The molecule has 10 rings (SSSR count). The Balaban J connectivity index is 1.41. The van der Waals surface area contributed by atoms with Crippen molar-refractivity contribution in [1.29, 1.82) is 0 Å². The second-order valence-corrected chi connectivity index (χ2v) is 11.1. The van der Waals surface area contributed by atoms with Gasteiger partial charge in [0.25, 0.3) is 0 Å². The van der Waals surface area contributed by atoms with Crippen LogP contribution in [0, 0.1) is 0 Å². The topological polar surface area (TPSA) is 35.4 Å². The van der Waals surface area contributed by atoms with E-state index in [0.717, 1.165) is 62.7 Å². The van der Waals surface area contributed by atoms with Crippen LogP contribution < -0.4 is 0 Å². The van der Waals surface area contributed by atoms with Crippen molar-refractivity contribution in [1.82, 2.24) is 14.0 Å². The van der Waals surface area contributed by atoms with Gasteiger partial charge < -0.3 is 8.98 Å². The molecule has 0 amide bonds. The molecule has 0 spiro atoms. The van der Waals surface area contributed by atoms with E-state index < -0.39 is 0 Å². The third-order valence-electron chi connectivity index (χ3n) is 8.96. The second-order valence-electron chi connectivity index (χ2n) is 11.1. The zero-order chi connectivity index (χ0) is 26.7. The summed E-state index contributed by atoms with van der Waals surface area (Å²) < 4.78 is 10.9. The highest BCUT2D eigenvalue weighted by Crippen LogP contribution is 2.40. The smallest absolute Gasteiger partial charge is 0.146 e. The van der Waals surface area contributed by atoms with Crippen LogP contribution in [0.1, 0.15) is 17.5 Å². The summed E-state index contributed by atoms with van der Waals surface area (Å²) in [4.78, 5) is 5.46. The predicted molar refractivity (Wildman–Crippen MR) is 169 cm³/mol. The van der Waals surface area contributed by atoms with Crippen molar-refractivity contribution < 1.29 is 4.42 Å². The van der Waals surface area contributed by atoms with Crippen LogP contribution in [0.2, 0.25) is 0 Å². The zero-order valence-electron chi connectivity index (χ0n) is 22.1. The SMILES string of the molecule is C1=Cc2c(c3ccccc3n3c2nc2c4c(ccc23)c2ccccc2n4-c2ccc3oc4ccccc4c3c2)CC1. The standard InChI is InChI=1S/C37H23N3O/c1-2-13-28-23(9-1)24-10-3-7-15-31(24)40-32-19-18-27-25-11-4-6-14-30(25)39(36(27)35(32)38-37(28)40)22-17-20-34-29(21-22)26-12-5-8-16-33(26)41-34/h2-8,10-21H,1,9H2. The van der Waals surface area contributed by atoms with Gasteiger partial charge in [-0.3, -0.25) is 4.40 Å². The molecule has 0 saturated heterocycles. The average Bonchev–Trinajstić information content (AvgIpc) is 3.71. The van der Waals surface area contributed by atoms with E-state index in [1.165, 1.54) is 38.3 Å². The first-order valence-corrected chi connectivity index (χ1v) is 14.2. The molecule has 0 saturated carbocycles. The molecule has 192 valence electrons. The summed E-state index contributed by atoms with van der Waals surface area (Å²) in [6.07, 6.45) is 6.67. The van der Waals surface area contributed by atoms with Crippen LogP contribution in [0.25, 0.3) is 83.1 Å². The maximum absolute atomic E-state index is 6.17. The van der Waals surface area contributed by atoms with Gasteiger partial charge in [-0.2, -0.15) is 0 Å². The number of nitrogens with zero attached hydrogens (tertiary/aromatic N) is 3. The van der Waals surface area contributed by atoms with Crippen LogP contribution in [0.5, 0.6) is 0 Å². The zero-order valence-corrected chi connectivity index (χ0v) is 22.1. The minimum absolute atomic E-state index is 0.901. The number of hydrogen-bond acceptors (Lipinski definition) is 2. The predicted octanol–water partition coefficient (Wildman–Crippen LogP) is 9.60. The quantitative estimate of drug-likeness (QED) is 0.214. The van der Waals surface area contributed by atoms with Gasteiger partial charge in [0.05, 0.1) is 22.1 Å². The number of aromatic nitrogens is 3. The minimum atomic E-state index is 0.901. The fourth-order valence-electron chi connectivity index (χ4n) is 7.21. The van der Waals surface area contributed by atoms with Gasteiger partial charge in [-0.25, -0.2) is 4.98 Å². The molecule has 1 aliphatic rings. The maximum atomic E-state index is 6.17. The van der Waals surface area contributed by atoms with Crippen molar-refractivity contribution in [2.24, 2.45) is 0 Å². The van der Waals surface area contributed by atoms with E-state index in [0.29, 0.717) is 0 Å². The number of pyridine rings is 1. The van der Waals surface area contributed by atoms with Crippen LogP contribution in [-0.4, -0.2) is 14.0 Å². The molecular weight excluding hydrogens is 502 g/mol. The molecule has 0 bridgehead atoms. The second kappa shape index (κ2) is 7.64. The summed E-state index contributed by atoms with van der Waals surface area (Å²) in [5.74, 6) is 0. The van der Waals surface area contributed by atoms with Crippen molar-refractivity contribution in [2.75, 3.05) is 0 Å². The molecular formula is C37H23N3O. The molecule has 4 aromatic heterocycles. The number of fused-ring (bicyclic) bond motifs is 15. The Labute approximate surface area is 234 Å². The van der Waals surface area contributed by atoms with E-state index in [1.54, 1.807) is 0 Å². The molecule has 4 nitrogen and oxygen atoms in total. The van der Waals surface area contributed by atoms with Gasteiger partial charge in [0.2, 0.25) is 0 Å². The van der Waals surface area contributed by atoms with E-state index in [2.05, 4.69) is 112 Å². The first-order chi connectivity index (χ1) is 20.3. The van der Waals surface area contributed by atoms with E-state index in [-0.39, 0.29) is 0 Å². The van der Waals surface area contributed by atoms with Crippen molar-refractivity contribution >= 4 is 77.4 Å². The summed E-state index contributed by atoms with van der Waals surface area (Å²) in [6, 6.07) is 36.8. The van der Waals surface area contributed by atoms with Gasteiger partial charge in [-0.15, -0.1) is 0 Å². The lowest BCUT2D eigenvalue weighted by Crippen LogP contribution is -2.01. The molecule has 4 heterocycles. The van der Waals surface area contributed by atoms with Crippen molar-refractivity contribution in [3.8, 4) is 5.69 Å². The van der Waals surface area contributed by atoms with Gasteiger partial charge >= 0.3 is 0 Å². The average molecular weight is 526 g/mol. The lowest BCUT2D eigenvalue weighted by molar-refractivity contribution is 0.669. The molecule has 5 aromatic carbocycles. The van der Waals surface area contributed by atoms with Crippen LogP contribution in [0.15, 0.2) is 114 Å². The normalized spacial score (nSPS) is 13.6. The summed E-state index contributed by atoms with van der Waals surface area (Å²) >= 11 is 0. The largest absolute Gasteiger partial charge is 0.456 e. The lowest BCUT2D eigenvalue weighted by Gasteiger charge is -2.16. The molecule has 0 fully saturated rings. The number of rotatable bonds is 1. The van der Waals surface area contributed by atoms with Crippen molar-refractivity contribution in [3.05, 3.63) is 120 Å². The van der Waals surface area contributed by atoms with E-state index >= 15 is 0 Å². The Bertz CT molecular complexity index is 2590. The highest BCUT2D eigenvalue weighted by Gasteiger charge is 2.22. The fourth-order valence-corrected chi connectivity index (χ4v) is 7.21. The Morgan fingerprint density at radius 1 is 0.634 bits per heavy atom. The monoisotopic (exact) mass is 525 g/mol. The van der Waals surface area contributed by atoms with E-state index in [1.807, 2.05) is 12.1 Å². The molecule has 9 aromatic rings. The van der Waals surface area contributed by atoms with Gasteiger partial charge in [-0.1, -0.05) is 66.7 Å². The molecule has 0 radical (unpaired) electrons. The lowest BCUT2D eigenvalue weighted by atomic mass is 9.94. The Morgan fingerprint density at radius 3 is 2.34 bits per heavy atom. The Morgan fingerprint density at radius 2 is 1.41 bits per heavy atom. The number of hydrogen-bond donors (Lipinski definition) is 0. The molecule has 4 heteroatoms. The van der Waals surface area contributed by atoms with Gasteiger partial charge in [0.1, 0.15) is 22.3 Å².